The summed E-state index contributed by atoms with van der Waals surface area (Å²) in [7, 11) is 0. The van der Waals surface area contributed by atoms with E-state index in [9.17, 15) is 4.79 Å². The lowest BCUT2D eigenvalue weighted by atomic mass is 10.1. The maximum atomic E-state index is 13.1. The third kappa shape index (κ3) is 4.83. The van der Waals surface area contributed by atoms with E-state index in [2.05, 4.69) is 16.1 Å². The Hall–Kier alpha value is -2.83. The highest BCUT2D eigenvalue weighted by Crippen LogP contribution is 2.20. The Morgan fingerprint density at radius 2 is 1.87 bits per heavy atom. The van der Waals surface area contributed by atoms with Gasteiger partial charge in [0.05, 0.1) is 5.56 Å². The van der Waals surface area contributed by atoms with Gasteiger partial charge in [0.15, 0.2) is 5.69 Å². The van der Waals surface area contributed by atoms with E-state index in [1.165, 1.54) is 5.56 Å². The van der Waals surface area contributed by atoms with Crippen molar-refractivity contribution < 1.29 is 14.1 Å². The van der Waals surface area contributed by atoms with Gasteiger partial charge in [-0.15, -0.1) is 0 Å². The predicted molar refractivity (Wildman–Crippen MR) is 115 cm³/mol. The van der Waals surface area contributed by atoms with Crippen molar-refractivity contribution in [3.63, 3.8) is 0 Å². The largest absolute Gasteiger partial charge is 0.489 e. The summed E-state index contributed by atoms with van der Waals surface area (Å²) in [6.45, 7) is 5.75. The van der Waals surface area contributed by atoms with Gasteiger partial charge in [-0.05, 0) is 36.8 Å². The number of aromatic nitrogens is 1. The number of hydrogen-bond donors (Lipinski definition) is 0. The maximum absolute atomic E-state index is 13.1. The van der Waals surface area contributed by atoms with Crippen LogP contribution in [-0.4, -0.2) is 47.0 Å². The van der Waals surface area contributed by atoms with Crippen LogP contribution in [0.5, 0.6) is 5.75 Å². The van der Waals surface area contributed by atoms with Crippen LogP contribution in [0, 0.1) is 6.92 Å². The van der Waals surface area contributed by atoms with Crippen molar-refractivity contribution >= 4 is 17.5 Å². The molecule has 0 unspecified atom stereocenters. The van der Waals surface area contributed by atoms with E-state index >= 15 is 0 Å². The number of nitrogens with zero attached hydrogens (tertiary/aromatic N) is 3. The first-order valence-corrected chi connectivity index (χ1v) is 10.4. The molecular weight excluding hydrogens is 402 g/mol. The smallest absolute Gasteiger partial charge is 0.276 e. The summed E-state index contributed by atoms with van der Waals surface area (Å²) in [5.74, 6) is 1.24. The molecule has 2 heterocycles. The lowest BCUT2D eigenvalue weighted by molar-refractivity contribution is 0.0616. The molecule has 0 N–H and O–H groups in total. The van der Waals surface area contributed by atoms with Crippen molar-refractivity contribution in [1.82, 2.24) is 15.0 Å². The number of hydrogen-bond acceptors (Lipinski definition) is 5. The zero-order chi connectivity index (χ0) is 20.9. The number of carbonyl (C=O) groups is 1. The number of benzene rings is 2. The molecular formula is C23H24ClN3O3. The van der Waals surface area contributed by atoms with Crippen LogP contribution in [0.25, 0.3) is 0 Å². The van der Waals surface area contributed by atoms with Gasteiger partial charge in [-0.3, -0.25) is 9.69 Å². The van der Waals surface area contributed by atoms with E-state index in [-0.39, 0.29) is 12.5 Å². The molecule has 0 aliphatic carbocycles. The molecule has 1 fully saturated rings. The number of ether oxygens (including phenoxy) is 1. The van der Waals surface area contributed by atoms with E-state index < -0.39 is 0 Å². The summed E-state index contributed by atoms with van der Waals surface area (Å²) in [5, 5.41) is 4.77. The standard InChI is InChI=1S/C23H24ClN3O3/c1-17-21(16-29-20-8-3-2-4-9-20)22(25-30-17)23(28)27-12-10-26(11-13-27)15-18-6-5-7-19(24)14-18/h2-9,14H,10-13,15-16H2,1H3. The average Bonchev–Trinajstić information content (AvgIpc) is 3.13. The summed E-state index contributed by atoms with van der Waals surface area (Å²) in [4.78, 5) is 17.2. The van der Waals surface area contributed by atoms with E-state index in [0.29, 0.717) is 30.1 Å². The zero-order valence-electron chi connectivity index (χ0n) is 16.9. The second kappa shape index (κ2) is 9.32. The van der Waals surface area contributed by atoms with Crippen molar-refractivity contribution in [1.29, 1.82) is 0 Å². The summed E-state index contributed by atoms with van der Waals surface area (Å²) in [6, 6.07) is 17.4. The highest BCUT2D eigenvalue weighted by atomic mass is 35.5. The number of aryl methyl sites for hydroxylation is 1. The molecule has 0 radical (unpaired) electrons. The lowest BCUT2D eigenvalue weighted by Gasteiger charge is -2.34. The summed E-state index contributed by atoms with van der Waals surface area (Å²) < 4.78 is 11.1. The molecule has 1 saturated heterocycles. The second-order valence-electron chi connectivity index (χ2n) is 7.37. The Morgan fingerprint density at radius 1 is 1.10 bits per heavy atom. The predicted octanol–water partition coefficient (Wildman–Crippen LogP) is 4.17. The Balaban J connectivity index is 1.36. The molecule has 156 valence electrons. The first kappa shape index (κ1) is 20.4. The molecule has 0 spiro atoms. The summed E-state index contributed by atoms with van der Waals surface area (Å²) in [6.07, 6.45) is 0. The molecule has 30 heavy (non-hydrogen) atoms. The molecule has 4 rings (SSSR count). The van der Waals surface area contributed by atoms with Crippen LogP contribution in [0.2, 0.25) is 5.02 Å². The molecule has 1 amide bonds. The zero-order valence-corrected chi connectivity index (χ0v) is 17.6. The Bertz CT molecular complexity index is 998. The van der Waals surface area contributed by atoms with E-state index in [1.54, 1.807) is 6.92 Å². The number of carbonyl (C=O) groups excluding carboxylic acids is 1. The van der Waals surface area contributed by atoms with Crippen LogP contribution < -0.4 is 4.74 Å². The molecule has 1 aromatic heterocycles. The molecule has 0 bridgehead atoms. The third-order valence-electron chi connectivity index (χ3n) is 5.27. The van der Waals surface area contributed by atoms with E-state index in [1.807, 2.05) is 53.4 Å². The molecule has 1 aliphatic rings. The fourth-order valence-electron chi connectivity index (χ4n) is 3.55. The van der Waals surface area contributed by atoms with Crippen LogP contribution >= 0.6 is 11.6 Å². The van der Waals surface area contributed by atoms with E-state index in [4.69, 9.17) is 20.9 Å². The second-order valence-corrected chi connectivity index (χ2v) is 7.80. The fourth-order valence-corrected chi connectivity index (χ4v) is 3.77. The molecule has 3 aromatic rings. The summed E-state index contributed by atoms with van der Waals surface area (Å²) >= 11 is 6.08. The van der Waals surface area contributed by atoms with Gasteiger partial charge in [-0.2, -0.15) is 0 Å². The summed E-state index contributed by atoms with van der Waals surface area (Å²) in [5.41, 5.74) is 2.21. The Labute approximate surface area is 181 Å². The molecule has 0 atom stereocenters. The van der Waals surface area contributed by atoms with Gasteiger partial charge in [0.25, 0.3) is 5.91 Å². The van der Waals surface area contributed by atoms with Crippen molar-refractivity contribution in [2.24, 2.45) is 0 Å². The average molecular weight is 426 g/mol. The number of amides is 1. The number of piperazine rings is 1. The van der Waals surface area contributed by atoms with Gasteiger partial charge in [0.1, 0.15) is 18.1 Å². The van der Waals surface area contributed by atoms with Crippen molar-refractivity contribution in [3.05, 3.63) is 82.2 Å². The van der Waals surface area contributed by atoms with Crippen LogP contribution in [0.3, 0.4) is 0 Å². The normalized spacial score (nSPS) is 14.7. The molecule has 7 heteroatoms. The molecule has 6 nitrogen and oxygen atoms in total. The molecule has 0 saturated carbocycles. The van der Waals surface area contributed by atoms with Gasteiger partial charge in [-0.25, -0.2) is 0 Å². The first-order chi connectivity index (χ1) is 14.6. The molecule has 2 aromatic carbocycles. The van der Waals surface area contributed by atoms with Crippen LogP contribution in [0.4, 0.5) is 0 Å². The van der Waals surface area contributed by atoms with Crippen molar-refractivity contribution in [2.75, 3.05) is 26.2 Å². The third-order valence-corrected chi connectivity index (χ3v) is 5.50. The number of rotatable bonds is 6. The van der Waals surface area contributed by atoms with E-state index in [0.717, 1.165) is 30.4 Å². The maximum Gasteiger partial charge on any atom is 0.276 e. The topological polar surface area (TPSA) is 58.8 Å². The Kier molecular flexibility index (Phi) is 6.35. The molecule has 1 aliphatic heterocycles. The van der Waals surface area contributed by atoms with Gasteiger partial charge in [0.2, 0.25) is 0 Å². The highest BCUT2D eigenvalue weighted by Gasteiger charge is 2.28. The van der Waals surface area contributed by atoms with Crippen LogP contribution in [-0.2, 0) is 13.2 Å². The minimum atomic E-state index is -0.110. The van der Waals surface area contributed by atoms with Crippen LogP contribution in [0.1, 0.15) is 27.4 Å². The minimum Gasteiger partial charge on any atom is -0.489 e. The van der Waals surface area contributed by atoms with Gasteiger partial charge >= 0.3 is 0 Å². The lowest BCUT2D eigenvalue weighted by Crippen LogP contribution is -2.48. The number of halogens is 1. The highest BCUT2D eigenvalue weighted by molar-refractivity contribution is 6.30. The van der Waals surface area contributed by atoms with Gasteiger partial charge in [-0.1, -0.05) is 47.1 Å². The quantitative estimate of drug-likeness (QED) is 0.593. The first-order valence-electron chi connectivity index (χ1n) is 9.99. The SMILES string of the molecule is Cc1onc(C(=O)N2CCN(Cc3cccc(Cl)c3)CC2)c1COc1ccccc1. The Morgan fingerprint density at radius 3 is 2.60 bits per heavy atom. The van der Waals surface area contributed by atoms with Crippen molar-refractivity contribution in [3.8, 4) is 5.75 Å². The van der Waals surface area contributed by atoms with Crippen molar-refractivity contribution in [2.45, 2.75) is 20.1 Å². The fraction of sp³-hybridized carbons (Fsp3) is 0.304. The number of para-hydroxylation sites is 1. The monoisotopic (exact) mass is 425 g/mol. The van der Waals surface area contributed by atoms with Crippen LogP contribution in [0.15, 0.2) is 59.1 Å². The van der Waals surface area contributed by atoms with Gasteiger partial charge < -0.3 is 14.2 Å². The van der Waals surface area contributed by atoms with Gasteiger partial charge in [0, 0.05) is 37.7 Å². The minimum absolute atomic E-state index is 0.110.